The summed E-state index contributed by atoms with van der Waals surface area (Å²) >= 11 is 0. The van der Waals surface area contributed by atoms with Gasteiger partial charge in [-0.2, -0.15) is 0 Å². The molecule has 0 amide bonds. The highest BCUT2D eigenvalue weighted by Crippen LogP contribution is 2.15. The van der Waals surface area contributed by atoms with E-state index in [0.29, 0.717) is 18.4 Å². The predicted octanol–water partition coefficient (Wildman–Crippen LogP) is 1.63. The van der Waals surface area contributed by atoms with Crippen LogP contribution >= 0.6 is 0 Å². The van der Waals surface area contributed by atoms with E-state index in [9.17, 15) is 9.59 Å². The van der Waals surface area contributed by atoms with Crippen molar-refractivity contribution in [3.63, 3.8) is 0 Å². The Kier molecular flexibility index (Phi) is 4.26. The molecule has 1 N–H and O–H groups in total. The molecule has 1 unspecified atom stereocenters. The largest absolute Gasteiger partial charge is 0.481 e. The number of carbonyl (C=O) groups is 2. The van der Waals surface area contributed by atoms with Crippen LogP contribution in [0.4, 0.5) is 0 Å². The van der Waals surface area contributed by atoms with Crippen LogP contribution < -0.4 is 0 Å². The molecule has 1 atom stereocenters. The molecule has 3 nitrogen and oxygen atoms in total. The maximum Gasteiger partial charge on any atom is 0.310 e. The van der Waals surface area contributed by atoms with Crippen molar-refractivity contribution in [3.8, 4) is 0 Å². The van der Waals surface area contributed by atoms with E-state index >= 15 is 0 Å². The lowest BCUT2D eigenvalue weighted by Crippen LogP contribution is -2.15. The number of carboxylic acid groups (broad SMARTS) is 1. The summed E-state index contributed by atoms with van der Waals surface area (Å²) < 4.78 is 0. The number of hydrogen-bond donors (Lipinski definition) is 1. The molecule has 0 aliphatic heterocycles. The molecule has 0 saturated heterocycles. The Hall–Kier alpha value is -1.12. The highest BCUT2D eigenvalue weighted by molar-refractivity contribution is 5.77. The lowest BCUT2D eigenvalue weighted by Gasteiger charge is -2.09. The second-order valence-corrected chi connectivity index (χ2v) is 2.98. The van der Waals surface area contributed by atoms with Crippen LogP contribution in [0.2, 0.25) is 0 Å². The number of carboxylic acids is 1. The lowest BCUT2D eigenvalue weighted by atomic mass is 9.96. The molecule has 0 aromatic rings. The summed E-state index contributed by atoms with van der Waals surface area (Å²) in [5, 5.41) is 8.68. The van der Waals surface area contributed by atoms with Crippen LogP contribution in [0, 0.1) is 5.92 Å². The second-order valence-electron chi connectivity index (χ2n) is 2.98. The minimum absolute atomic E-state index is 0.0162. The van der Waals surface area contributed by atoms with Gasteiger partial charge in [-0.15, -0.1) is 0 Å². The molecule has 3 heteroatoms. The predicted molar refractivity (Wildman–Crippen MR) is 45.9 cm³/mol. The van der Waals surface area contributed by atoms with Gasteiger partial charge in [-0.1, -0.05) is 12.2 Å². The molecule has 0 bridgehead atoms. The van der Waals surface area contributed by atoms with E-state index in [1.54, 1.807) is 6.92 Å². The van der Waals surface area contributed by atoms with Gasteiger partial charge in [0.25, 0.3) is 0 Å². The summed E-state index contributed by atoms with van der Waals surface area (Å²) in [6, 6.07) is 0. The summed E-state index contributed by atoms with van der Waals surface area (Å²) in [7, 11) is 0. The van der Waals surface area contributed by atoms with Gasteiger partial charge in [0.2, 0.25) is 0 Å². The fraction of sp³-hybridized carbons (Fsp3) is 0.556. The zero-order valence-electron chi connectivity index (χ0n) is 7.46. The number of Topliss-reactive ketones (excluding diaryl/α,β-unsaturated/α-hetero) is 1. The summed E-state index contributed by atoms with van der Waals surface area (Å²) in [6.07, 6.45) is 0.670. The molecule has 0 radical (unpaired) electrons. The van der Waals surface area contributed by atoms with Gasteiger partial charge in [0.1, 0.15) is 5.78 Å². The lowest BCUT2D eigenvalue weighted by molar-refractivity contribution is -0.140. The Morgan fingerprint density at radius 1 is 1.42 bits per heavy atom. The van der Waals surface area contributed by atoms with Crippen molar-refractivity contribution in [1.82, 2.24) is 0 Å². The molecule has 12 heavy (non-hydrogen) atoms. The highest BCUT2D eigenvalue weighted by atomic mass is 16.4. The number of ketones is 1. The summed E-state index contributed by atoms with van der Waals surface area (Å²) in [5.74, 6) is -1.46. The quantitative estimate of drug-likeness (QED) is 0.638. The van der Waals surface area contributed by atoms with E-state index < -0.39 is 11.9 Å². The van der Waals surface area contributed by atoms with Crippen molar-refractivity contribution >= 4 is 11.8 Å². The van der Waals surface area contributed by atoms with Crippen LogP contribution in [0.3, 0.4) is 0 Å². The fourth-order valence-electron chi connectivity index (χ4n) is 0.928. The molecule has 0 aliphatic carbocycles. The Balaban J connectivity index is 4.06. The highest BCUT2D eigenvalue weighted by Gasteiger charge is 2.17. The third kappa shape index (κ3) is 3.91. The minimum Gasteiger partial charge on any atom is -0.481 e. The maximum atomic E-state index is 10.6. The first-order valence-electron chi connectivity index (χ1n) is 3.82. The second kappa shape index (κ2) is 4.70. The first-order chi connectivity index (χ1) is 5.45. The number of rotatable bonds is 5. The van der Waals surface area contributed by atoms with Gasteiger partial charge in [0, 0.05) is 6.42 Å². The summed E-state index contributed by atoms with van der Waals surface area (Å²) in [5.41, 5.74) is 0.601. The number of hydrogen-bond acceptors (Lipinski definition) is 2. The molecule has 0 rings (SSSR count). The minimum atomic E-state index is -0.899. The van der Waals surface area contributed by atoms with Crippen molar-refractivity contribution in [1.29, 1.82) is 0 Å². The molecule has 0 fully saturated rings. The van der Waals surface area contributed by atoms with Crippen LogP contribution in [0.15, 0.2) is 12.2 Å². The van der Waals surface area contributed by atoms with Crippen LogP contribution in [0.5, 0.6) is 0 Å². The number of carbonyl (C=O) groups excluding carboxylic acids is 1. The zero-order valence-corrected chi connectivity index (χ0v) is 7.46. The SMILES string of the molecule is C=C(C)C(CCC(C)=O)C(=O)O. The van der Waals surface area contributed by atoms with E-state index in [0.717, 1.165) is 0 Å². The van der Waals surface area contributed by atoms with Crippen LogP contribution in [-0.2, 0) is 9.59 Å². The van der Waals surface area contributed by atoms with Gasteiger partial charge in [0.15, 0.2) is 0 Å². The molecule has 0 aromatic heterocycles. The fourth-order valence-corrected chi connectivity index (χ4v) is 0.928. The van der Waals surface area contributed by atoms with E-state index in [1.807, 2.05) is 0 Å². The van der Waals surface area contributed by atoms with Crippen molar-refractivity contribution in [3.05, 3.63) is 12.2 Å². The third-order valence-corrected chi connectivity index (χ3v) is 1.68. The van der Waals surface area contributed by atoms with Gasteiger partial charge < -0.3 is 9.90 Å². The third-order valence-electron chi connectivity index (χ3n) is 1.68. The molecule has 68 valence electrons. The molecule has 0 heterocycles. The standard InChI is InChI=1S/C9H14O3/c1-6(2)8(9(11)12)5-4-7(3)10/h8H,1,4-5H2,2-3H3,(H,11,12). The van der Waals surface area contributed by atoms with Crippen molar-refractivity contribution in [2.75, 3.05) is 0 Å². The Morgan fingerprint density at radius 2 is 1.92 bits per heavy atom. The molecular weight excluding hydrogens is 156 g/mol. The zero-order chi connectivity index (χ0) is 9.72. The van der Waals surface area contributed by atoms with Gasteiger partial charge in [0.05, 0.1) is 5.92 Å². The Bertz CT molecular complexity index is 192. The summed E-state index contributed by atoms with van der Waals surface area (Å²) in [4.78, 5) is 21.2. The van der Waals surface area contributed by atoms with Gasteiger partial charge in [-0.3, -0.25) is 4.79 Å². The normalized spacial score (nSPS) is 12.2. The van der Waals surface area contributed by atoms with Gasteiger partial charge in [-0.05, 0) is 20.3 Å². The summed E-state index contributed by atoms with van der Waals surface area (Å²) in [6.45, 7) is 6.68. The van der Waals surface area contributed by atoms with Crippen LogP contribution in [-0.4, -0.2) is 16.9 Å². The molecule has 0 aliphatic rings. The average Bonchev–Trinajstić information content (AvgIpc) is 1.84. The van der Waals surface area contributed by atoms with Crippen molar-refractivity contribution in [2.45, 2.75) is 26.7 Å². The first kappa shape index (κ1) is 10.9. The van der Waals surface area contributed by atoms with Crippen LogP contribution in [0.1, 0.15) is 26.7 Å². The van der Waals surface area contributed by atoms with Crippen LogP contribution in [0.25, 0.3) is 0 Å². The smallest absolute Gasteiger partial charge is 0.310 e. The number of aliphatic carboxylic acids is 1. The van der Waals surface area contributed by atoms with E-state index in [4.69, 9.17) is 5.11 Å². The molecule has 0 spiro atoms. The molecular formula is C9H14O3. The first-order valence-corrected chi connectivity index (χ1v) is 3.82. The average molecular weight is 170 g/mol. The molecule has 0 aromatic carbocycles. The van der Waals surface area contributed by atoms with Gasteiger partial charge in [-0.25, -0.2) is 0 Å². The van der Waals surface area contributed by atoms with Gasteiger partial charge >= 0.3 is 5.97 Å². The topological polar surface area (TPSA) is 54.4 Å². The Labute approximate surface area is 72.1 Å². The monoisotopic (exact) mass is 170 g/mol. The maximum absolute atomic E-state index is 10.6. The van der Waals surface area contributed by atoms with E-state index in [-0.39, 0.29) is 5.78 Å². The van der Waals surface area contributed by atoms with Crippen molar-refractivity contribution < 1.29 is 14.7 Å². The molecule has 0 saturated carbocycles. The van der Waals surface area contributed by atoms with E-state index in [1.165, 1.54) is 6.92 Å². The van der Waals surface area contributed by atoms with E-state index in [2.05, 4.69) is 6.58 Å². The van der Waals surface area contributed by atoms with Crippen molar-refractivity contribution in [2.24, 2.45) is 5.92 Å². The Morgan fingerprint density at radius 3 is 2.17 bits per heavy atom.